The van der Waals surface area contributed by atoms with E-state index < -0.39 is 0 Å². The molecule has 1 aromatic carbocycles. The highest BCUT2D eigenvalue weighted by Crippen LogP contribution is 2.34. The summed E-state index contributed by atoms with van der Waals surface area (Å²) in [6.45, 7) is 4.26. The molecule has 0 spiro atoms. The van der Waals surface area contributed by atoms with Crippen LogP contribution in [0.15, 0.2) is 30.3 Å². The van der Waals surface area contributed by atoms with E-state index in [9.17, 15) is 0 Å². The Morgan fingerprint density at radius 2 is 2.00 bits per heavy atom. The predicted molar refractivity (Wildman–Crippen MR) is 95.5 cm³/mol. The van der Waals surface area contributed by atoms with Crippen LogP contribution in [0.1, 0.15) is 16.3 Å². The first kappa shape index (κ1) is 14.1. The summed E-state index contributed by atoms with van der Waals surface area (Å²) in [5.41, 5.74) is 3.43. The van der Waals surface area contributed by atoms with Crippen molar-refractivity contribution in [2.24, 2.45) is 0 Å². The summed E-state index contributed by atoms with van der Waals surface area (Å²) in [7, 11) is 2.26. The summed E-state index contributed by atoms with van der Waals surface area (Å²) in [5.74, 6) is 1.66. The van der Waals surface area contributed by atoms with Crippen LogP contribution >= 0.6 is 11.3 Å². The Bertz CT molecular complexity index is 1060. The number of fused-ring (bicyclic) bond motifs is 5. The number of hydrogen-bond donors (Lipinski definition) is 1. The highest BCUT2D eigenvalue weighted by Gasteiger charge is 2.25. The topological polar surface area (TPSA) is 47.5 Å². The number of rotatable bonds is 1. The Hall–Kier alpha value is -2.31. The fraction of sp³-hybridized carbons (Fsp3) is 0.278. The number of aromatic nitrogens is 4. The number of thiophene rings is 1. The lowest BCUT2D eigenvalue weighted by Crippen LogP contribution is -3.08. The summed E-state index contributed by atoms with van der Waals surface area (Å²) in [6, 6.07) is 10.2. The van der Waals surface area contributed by atoms with Gasteiger partial charge in [0.15, 0.2) is 11.5 Å². The van der Waals surface area contributed by atoms with E-state index >= 15 is 0 Å². The molecular formula is C18H18N5S+. The minimum Gasteiger partial charge on any atom is -0.333 e. The molecule has 4 aromatic rings. The molecule has 1 unspecified atom stereocenters. The Morgan fingerprint density at radius 1 is 1.17 bits per heavy atom. The molecule has 5 nitrogen and oxygen atoms in total. The number of benzene rings is 1. The third-order valence-corrected chi connectivity index (χ3v) is 5.89. The van der Waals surface area contributed by atoms with Crippen molar-refractivity contribution < 1.29 is 4.90 Å². The average molecular weight is 336 g/mol. The van der Waals surface area contributed by atoms with Gasteiger partial charge in [-0.3, -0.25) is 0 Å². The molecule has 5 rings (SSSR count). The highest BCUT2D eigenvalue weighted by molar-refractivity contribution is 7.19. The van der Waals surface area contributed by atoms with Crippen molar-refractivity contribution in [1.29, 1.82) is 0 Å². The normalized spacial score (nSPS) is 17.5. The zero-order chi connectivity index (χ0) is 16.3. The van der Waals surface area contributed by atoms with Gasteiger partial charge >= 0.3 is 0 Å². The maximum Gasteiger partial charge on any atom is 0.182 e. The molecule has 0 saturated carbocycles. The third kappa shape index (κ3) is 2.00. The summed E-state index contributed by atoms with van der Waals surface area (Å²) in [4.78, 5) is 13.8. The van der Waals surface area contributed by atoms with Crippen LogP contribution < -0.4 is 4.90 Å². The molecule has 0 fully saturated rings. The van der Waals surface area contributed by atoms with Gasteiger partial charge in [-0.25, -0.2) is 9.97 Å². The molecule has 0 amide bonds. The second-order valence-corrected chi connectivity index (χ2v) is 7.60. The zero-order valence-electron chi connectivity index (χ0n) is 13.7. The van der Waals surface area contributed by atoms with Gasteiger partial charge in [0.05, 0.1) is 23.9 Å². The summed E-state index contributed by atoms with van der Waals surface area (Å²) >= 11 is 1.82. The van der Waals surface area contributed by atoms with Crippen molar-refractivity contribution in [3.63, 3.8) is 0 Å². The van der Waals surface area contributed by atoms with E-state index in [0.717, 1.165) is 40.7 Å². The fourth-order valence-electron chi connectivity index (χ4n) is 3.52. The SMILES string of the molecule is Cc1nc2sc3c(c2c2nc(-c4ccccc4)nn12)CC[NH+](C)C3. The molecule has 24 heavy (non-hydrogen) atoms. The Balaban J connectivity index is 1.82. The van der Waals surface area contributed by atoms with E-state index in [0.29, 0.717) is 0 Å². The fourth-order valence-corrected chi connectivity index (χ4v) is 4.89. The number of quaternary nitrogens is 1. The van der Waals surface area contributed by atoms with Crippen molar-refractivity contribution in [3.05, 3.63) is 46.6 Å². The molecule has 0 radical (unpaired) electrons. The van der Waals surface area contributed by atoms with Crippen LogP contribution in [0.5, 0.6) is 0 Å². The van der Waals surface area contributed by atoms with Crippen molar-refractivity contribution in [1.82, 2.24) is 19.6 Å². The highest BCUT2D eigenvalue weighted by atomic mass is 32.1. The molecule has 120 valence electrons. The molecule has 3 aromatic heterocycles. The zero-order valence-corrected chi connectivity index (χ0v) is 14.5. The van der Waals surface area contributed by atoms with Crippen molar-refractivity contribution in [2.75, 3.05) is 13.6 Å². The average Bonchev–Trinajstić information content (AvgIpc) is 3.16. The van der Waals surface area contributed by atoms with Gasteiger partial charge < -0.3 is 4.90 Å². The standard InChI is InChI=1S/C18H17N5S/c1-11-19-18-15(13-8-9-22(2)10-14(13)24-18)17-20-16(21-23(11)17)12-6-4-3-5-7-12/h3-7H,8-10H2,1-2H3/p+1. The van der Waals surface area contributed by atoms with Crippen LogP contribution in [-0.2, 0) is 13.0 Å². The van der Waals surface area contributed by atoms with Gasteiger partial charge in [-0.05, 0) is 12.5 Å². The molecule has 6 heteroatoms. The maximum absolute atomic E-state index is 4.88. The smallest absolute Gasteiger partial charge is 0.182 e. The maximum atomic E-state index is 4.88. The van der Waals surface area contributed by atoms with Crippen molar-refractivity contribution in [3.8, 4) is 11.4 Å². The van der Waals surface area contributed by atoms with Gasteiger partial charge in [-0.1, -0.05) is 30.3 Å². The lowest BCUT2D eigenvalue weighted by molar-refractivity contribution is -0.895. The summed E-state index contributed by atoms with van der Waals surface area (Å²) in [5, 5.41) is 5.93. The van der Waals surface area contributed by atoms with Crippen LogP contribution in [0.2, 0.25) is 0 Å². The molecule has 4 heterocycles. The molecule has 1 aliphatic heterocycles. The largest absolute Gasteiger partial charge is 0.333 e. The first-order chi connectivity index (χ1) is 11.7. The second kappa shape index (κ2) is 5.09. The van der Waals surface area contributed by atoms with E-state index in [1.54, 1.807) is 4.90 Å². The number of likely N-dealkylation sites (N-methyl/N-ethyl adjacent to an activating group) is 1. The molecular weight excluding hydrogens is 318 g/mol. The van der Waals surface area contributed by atoms with Gasteiger partial charge in [0.2, 0.25) is 0 Å². The Kier molecular flexibility index (Phi) is 2.98. The van der Waals surface area contributed by atoms with Gasteiger partial charge in [-0.15, -0.1) is 16.4 Å². The Labute approximate surface area is 143 Å². The lowest BCUT2D eigenvalue weighted by Gasteiger charge is -2.19. The number of nitrogens with one attached hydrogen (secondary N) is 1. The van der Waals surface area contributed by atoms with E-state index in [2.05, 4.69) is 19.2 Å². The molecule has 0 bridgehead atoms. The Morgan fingerprint density at radius 3 is 2.83 bits per heavy atom. The van der Waals surface area contributed by atoms with Crippen LogP contribution in [0.25, 0.3) is 27.3 Å². The van der Waals surface area contributed by atoms with Crippen molar-refractivity contribution >= 4 is 27.2 Å². The minimum atomic E-state index is 0.770. The lowest BCUT2D eigenvalue weighted by atomic mass is 10.1. The number of nitrogens with zero attached hydrogens (tertiary/aromatic N) is 4. The van der Waals surface area contributed by atoms with Crippen LogP contribution in [-0.4, -0.2) is 33.2 Å². The van der Waals surface area contributed by atoms with Crippen LogP contribution in [0.3, 0.4) is 0 Å². The van der Waals surface area contributed by atoms with Gasteiger partial charge in [0, 0.05) is 12.0 Å². The minimum absolute atomic E-state index is 0.770. The van der Waals surface area contributed by atoms with Gasteiger partial charge in [-0.2, -0.15) is 4.52 Å². The monoisotopic (exact) mass is 336 g/mol. The predicted octanol–water partition coefficient (Wildman–Crippen LogP) is 1.89. The molecule has 1 aliphatic rings. The van der Waals surface area contributed by atoms with Crippen molar-refractivity contribution in [2.45, 2.75) is 19.9 Å². The summed E-state index contributed by atoms with van der Waals surface area (Å²) < 4.78 is 1.91. The van der Waals surface area contributed by atoms with E-state index in [1.165, 1.54) is 22.4 Å². The number of hydrogen-bond acceptors (Lipinski definition) is 4. The van der Waals surface area contributed by atoms with Gasteiger partial charge in [0.1, 0.15) is 17.2 Å². The number of aryl methyl sites for hydroxylation is 1. The van der Waals surface area contributed by atoms with Gasteiger partial charge in [0.25, 0.3) is 0 Å². The molecule has 1 N–H and O–H groups in total. The third-order valence-electron chi connectivity index (χ3n) is 4.77. The van der Waals surface area contributed by atoms with E-state index in [4.69, 9.17) is 15.1 Å². The van der Waals surface area contributed by atoms with Crippen LogP contribution in [0.4, 0.5) is 0 Å². The van der Waals surface area contributed by atoms with E-state index in [1.807, 2.05) is 41.0 Å². The quantitative estimate of drug-likeness (QED) is 0.577. The first-order valence-corrected chi connectivity index (χ1v) is 9.06. The first-order valence-electron chi connectivity index (χ1n) is 8.25. The molecule has 0 saturated heterocycles. The second-order valence-electron chi connectivity index (χ2n) is 6.51. The molecule has 0 aliphatic carbocycles. The summed E-state index contributed by atoms with van der Waals surface area (Å²) in [6.07, 6.45) is 1.09. The van der Waals surface area contributed by atoms with E-state index in [-0.39, 0.29) is 0 Å². The van der Waals surface area contributed by atoms with Crippen LogP contribution in [0, 0.1) is 6.92 Å². The molecule has 1 atom stereocenters.